The van der Waals surface area contributed by atoms with Gasteiger partial charge in [0.15, 0.2) is 5.82 Å². The van der Waals surface area contributed by atoms with Crippen molar-refractivity contribution in [1.82, 2.24) is 34.8 Å². The van der Waals surface area contributed by atoms with Crippen LogP contribution >= 0.6 is 11.6 Å². The number of nitrogens with zero attached hydrogens (tertiary/aromatic N) is 6. The van der Waals surface area contributed by atoms with E-state index in [0.717, 1.165) is 42.0 Å². The molecule has 1 aliphatic heterocycles. The molecule has 180 valence electrons. The first-order valence-corrected chi connectivity index (χ1v) is 11.7. The van der Waals surface area contributed by atoms with E-state index in [-0.39, 0.29) is 0 Å². The summed E-state index contributed by atoms with van der Waals surface area (Å²) in [5.41, 5.74) is 4.97. The topological polar surface area (TPSA) is 114 Å². The number of aryl methyl sites for hydroxylation is 1. The van der Waals surface area contributed by atoms with Gasteiger partial charge in [-0.1, -0.05) is 17.7 Å². The predicted octanol–water partition coefficient (Wildman–Crippen LogP) is 4.46. The van der Waals surface area contributed by atoms with E-state index in [1.807, 2.05) is 19.2 Å². The number of hydrogen-bond donors (Lipinski definition) is 2. The number of pyridine rings is 1. The lowest BCUT2D eigenvalue weighted by molar-refractivity contribution is 0.187. The number of H-pyrrole nitrogens is 1. The Hall–Kier alpha value is -3.76. The summed E-state index contributed by atoms with van der Waals surface area (Å²) in [5, 5.41) is 15.1. The van der Waals surface area contributed by atoms with E-state index in [0.29, 0.717) is 22.4 Å². The third-order valence-electron chi connectivity index (χ3n) is 6.00. The third kappa shape index (κ3) is 4.89. The Morgan fingerprint density at radius 1 is 1.20 bits per heavy atom. The first-order chi connectivity index (χ1) is 17.0. The molecule has 5 rings (SSSR count). The van der Waals surface area contributed by atoms with E-state index >= 15 is 0 Å². The average molecular weight is 493 g/mol. The Kier molecular flexibility index (Phi) is 6.47. The molecular weight excluding hydrogens is 468 g/mol. The molecule has 10 nitrogen and oxygen atoms in total. The Balaban J connectivity index is 1.59. The van der Waals surface area contributed by atoms with Crippen LogP contribution in [0.25, 0.3) is 28.3 Å². The van der Waals surface area contributed by atoms with Crippen LogP contribution in [0.15, 0.2) is 43.0 Å². The van der Waals surface area contributed by atoms with Crippen molar-refractivity contribution in [2.45, 2.75) is 26.3 Å². The number of ether oxygens (including phenoxy) is 1. The summed E-state index contributed by atoms with van der Waals surface area (Å²) >= 11 is 6.68. The molecule has 0 radical (unpaired) electrons. The molecule has 0 bridgehead atoms. The molecule has 3 aromatic heterocycles. The van der Waals surface area contributed by atoms with Crippen LogP contribution in [-0.4, -0.2) is 61.1 Å². The average Bonchev–Trinajstić information content (AvgIpc) is 3.63. The number of hydrogen-bond acceptors (Lipinski definition) is 7. The summed E-state index contributed by atoms with van der Waals surface area (Å²) < 4.78 is 6.41. The fourth-order valence-corrected chi connectivity index (χ4v) is 4.44. The molecule has 1 amide bonds. The number of aromatic nitrogens is 6. The lowest BCUT2D eigenvalue weighted by atomic mass is 10.0. The van der Waals surface area contributed by atoms with E-state index in [9.17, 15) is 4.79 Å². The van der Waals surface area contributed by atoms with Crippen LogP contribution in [0.2, 0.25) is 5.02 Å². The van der Waals surface area contributed by atoms with E-state index < -0.39 is 6.09 Å². The van der Waals surface area contributed by atoms with Crippen LogP contribution in [0.1, 0.15) is 24.0 Å². The fraction of sp³-hybridized carbons (Fsp3) is 0.292. The highest BCUT2D eigenvalue weighted by atomic mass is 35.5. The standard InChI is InChI=1S/C24H25ClN8O2/c1-15-11-26-21(29-24(34)35-2)10-20(15)33-13-18(23-27-14-28-30-23)22(31-33)17-9-16(5-6-19(17)25)12-32-7-3-4-8-32/h5-6,9-11,13-14H,3-4,7-8,12H2,1-2H3,(H,26,29,34)(H,27,28,30). The van der Waals surface area contributed by atoms with Gasteiger partial charge in [0.2, 0.25) is 0 Å². The number of carbonyl (C=O) groups is 1. The van der Waals surface area contributed by atoms with Crippen molar-refractivity contribution in [3.63, 3.8) is 0 Å². The SMILES string of the molecule is COC(=O)Nc1cc(-n2cc(-c3nc[nH]n3)c(-c3cc(CN4CCCC4)ccc3Cl)n2)c(C)cn1. The van der Waals surface area contributed by atoms with Crippen molar-refractivity contribution in [3.8, 4) is 28.3 Å². The molecule has 1 saturated heterocycles. The number of likely N-dealkylation sites (tertiary alicyclic amines) is 1. The molecule has 4 aromatic rings. The maximum Gasteiger partial charge on any atom is 0.412 e. The van der Waals surface area contributed by atoms with Gasteiger partial charge in [-0.3, -0.25) is 15.3 Å². The second-order valence-electron chi connectivity index (χ2n) is 8.43. The van der Waals surface area contributed by atoms with Crippen molar-refractivity contribution in [2.75, 3.05) is 25.5 Å². The minimum Gasteiger partial charge on any atom is -0.453 e. The lowest BCUT2D eigenvalue weighted by Crippen LogP contribution is -2.18. The maximum atomic E-state index is 11.7. The summed E-state index contributed by atoms with van der Waals surface area (Å²) in [6.07, 6.45) is 6.91. The smallest absolute Gasteiger partial charge is 0.412 e. The molecule has 11 heteroatoms. The van der Waals surface area contributed by atoms with Gasteiger partial charge in [-0.25, -0.2) is 19.4 Å². The summed E-state index contributed by atoms with van der Waals surface area (Å²) in [5.74, 6) is 0.853. The summed E-state index contributed by atoms with van der Waals surface area (Å²) in [7, 11) is 1.30. The Morgan fingerprint density at radius 3 is 2.77 bits per heavy atom. The molecule has 35 heavy (non-hydrogen) atoms. The second kappa shape index (κ2) is 9.85. The first kappa shape index (κ1) is 23.0. The molecule has 1 fully saturated rings. The lowest BCUT2D eigenvalue weighted by Gasteiger charge is -2.15. The number of anilines is 1. The van der Waals surface area contributed by atoms with Crippen molar-refractivity contribution < 1.29 is 9.53 Å². The monoisotopic (exact) mass is 492 g/mol. The molecule has 4 heterocycles. The number of benzene rings is 1. The molecule has 0 spiro atoms. The zero-order valence-electron chi connectivity index (χ0n) is 19.5. The third-order valence-corrected chi connectivity index (χ3v) is 6.33. The quantitative estimate of drug-likeness (QED) is 0.408. The molecule has 2 N–H and O–H groups in total. The summed E-state index contributed by atoms with van der Waals surface area (Å²) in [4.78, 5) is 22.7. The number of nitrogens with one attached hydrogen (secondary N) is 2. The van der Waals surface area contributed by atoms with E-state index in [1.165, 1.54) is 31.8 Å². The Labute approximate surface area is 207 Å². The van der Waals surface area contributed by atoms with Gasteiger partial charge in [0, 0.05) is 30.6 Å². The summed E-state index contributed by atoms with van der Waals surface area (Å²) in [6, 6.07) is 7.80. The van der Waals surface area contributed by atoms with Crippen LogP contribution < -0.4 is 5.32 Å². The number of aromatic amines is 1. The van der Waals surface area contributed by atoms with E-state index in [4.69, 9.17) is 16.7 Å². The van der Waals surface area contributed by atoms with Gasteiger partial charge in [-0.15, -0.1) is 0 Å². The highest BCUT2D eigenvalue weighted by molar-refractivity contribution is 6.33. The van der Waals surface area contributed by atoms with Crippen molar-refractivity contribution >= 4 is 23.5 Å². The minimum atomic E-state index is -0.600. The van der Waals surface area contributed by atoms with Crippen LogP contribution in [0.3, 0.4) is 0 Å². The largest absolute Gasteiger partial charge is 0.453 e. The van der Waals surface area contributed by atoms with Gasteiger partial charge in [0.1, 0.15) is 17.8 Å². The predicted molar refractivity (Wildman–Crippen MR) is 132 cm³/mol. The zero-order chi connectivity index (χ0) is 24.4. The van der Waals surface area contributed by atoms with E-state index in [1.54, 1.807) is 16.9 Å². The van der Waals surface area contributed by atoms with Gasteiger partial charge >= 0.3 is 6.09 Å². The molecule has 1 aromatic carbocycles. The van der Waals surface area contributed by atoms with Crippen molar-refractivity contribution in [3.05, 3.63) is 59.1 Å². The summed E-state index contributed by atoms with van der Waals surface area (Å²) in [6.45, 7) is 5.01. The van der Waals surface area contributed by atoms with Crippen LogP contribution in [0, 0.1) is 6.92 Å². The van der Waals surface area contributed by atoms with Gasteiger partial charge in [0.25, 0.3) is 0 Å². The van der Waals surface area contributed by atoms with Crippen LogP contribution in [0.4, 0.5) is 10.6 Å². The number of amides is 1. The second-order valence-corrected chi connectivity index (χ2v) is 8.84. The minimum absolute atomic E-state index is 0.347. The van der Waals surface area contributed by atoms with Gasteiger partial charge in [-0.2, -0.15) is 10.2 Å². The highest BCUT2D eigenvalue weighted by Gasteiger charge is 2.21. The maximum absolute atomic E-state index is 11.7. The Morgan fingerprint density at radius 2 is 2.03 bits per heavy atom. The molecule has 0 saturated carbocycles. The van der Waals surface area contributed by atoms with Gasteiger partial charge in [-0.05, 0) is 56.1 Å². The first-order valence-electron chi connectivity index (χ1n) is 11.3. The molecule has 0 aliphatic carbocycles. The van der Waals surface area contributed by atoms with Crippen LogP contribution in [-0.2, 0) is 11.3 Å². The van der Waals surface area contributed by atoms with Gasteiger partial charge < -0.3 is 4.74 Å². The number of carbonyl (C=O) groups excluding carboxylic acids is 1. The molecule has 0 atom stereocenters. The normalized spacial score (nSPS) is 13.8. The number of halogens is 1. The Bertz CT molecular complexity index is 1350. The molecule has 0 unspecified atom stereocenters. The number of methoxy groups -OCH3 is 1. The van der Waals surface area contributed by atoms with E-state index in [2.05, 4.69) is 47.3 Å². The molecule has 1 aliphatic rings. The van der Waals surface area contributed by atoms with Crippen molar-refractivity contribution in [1.29, 1.82) is 0 Å². The highest BCUT2D eigenvalue weighted by Crippen LogP contribution is 2.36. The number of rotatable bonds is 6. The van der Waals surface area contributed by atoms with Crippen LogP contribution in [0.5, 0.6) is 0 Å². The van der Waals surface area contributed by atoms with Crippen molar-refractivity contribution in [2.24, 2.45) is 0 Å². The molecular formula is C24H25ClN8O2. The fourth-order valence-electron chi connectivity index (χ4n) is 4.23. The zero-order valence-corrected chi connectivity index (χ0v) is 20.2. The van der Waals surface area contributed by atoms with Gasteiger partial charge in [0.05, 0.1) is 23.4 Å².